The summed E-state index contributed by atoms with van der Waals surface area (Å²) in [5.41, 5.74) is -0.161. The summed E-state index contributed by atoms with van der Waals surface area (Å²) < 4.78 is 11.4. The number of H-pyrrole nitrogens is 1. The Balaban J connectivity index is 1.53. The third-order valence-corrected chi connectivity index (χ3v) is 4.72. The standard InChI is InChI=1S/C19H19N5O4/c1-27-15-7-5-14(6-8-15)24-17(19(26)28-21-24)18(25)23-12-10-22(11-13-23)16-4-2-3-9-20-16/h2-9H,10-13H2,1H3/p+1. The van der Waals surface area contributed by atoms with Crippen molar-refractivity contribution in [3.63, 3.8) is 0 Å². The van der Waals surface area contributed by atoms with Crippen LogP contribution in [-0.2, 0) is 0 Å². The van der Waals surface area contributed by atoms with Gasteiger partial charge in [0.1, 0.15) is 11.6 Å². The zero-order chi connectivity index (χ0) is 19.5. The van der Waals surface area contributed by atoms with Gasteiger partial charge < -0.3 is 14.5 Å². The Labute approximate surface area is 160 Å². The van der Waals surface area contributed by atoms with Gasteiger partial charge in [0.2, 0.25) is 5.69 Å². The first-order chi connectivity index (χ1) is 13.7. The van der Waals surface area contributed by atoms with Crippen molar-refractivity contribution in [2.75, 3.05) is 38.2 Å². The minimum atomic E-state index is -0.701. The van der Waals surface area contributed by atoms with Crippen molar-refractivity contribution >= 4 is 11.7 Å². The molecule has 1 aliphatic rings. The van der Waals surface area contributed by atoms with Gasteiger partial charge in [-0.05, 0) is 34.2 Å². The zero-order valence-corrected chi connectivity index (χ0v) is 15.4. The Kier molecular flexibility index (Phi) is 4.79. The lowest BCUT2D eigenvalue weighted by Gasteiger charge is -2.34. The Morgan fingerprint density at radius 1 is 1.14 bits per heavy atom. The van der Waals surface area contributed by atoms with Crippen LogP contribution < -0.4 is 19.9 Å². The molecule has 4 rings (SSSR count). The van der Waals surface area contributed by atoms with Crippen LogP contribution in [0.4, 0.5) is 5.82 Å². The summed E-state index contributed by atoms with van der Waals surface area (Å²) in [4.78, 5) is 33.3. The van der Waals surface area contributed by atoms with Crippen LogP contribution in [0, 0.1) is 0 Å². The number of amides is 1. The molecule has 2 aromatic heterocycles. The van der Waals surface area contributed by atoms with Crippen LogP contribution in [0.1, 0.15) is 10.5 Å². The lowest BCUT2D eigenvalue weighted by atomic mass is 10.2. The summed E-state index contributed by atoms with van der Waals surface area (Å²) in [6.07, 6.45) is 1.75. The fourth-order valence-electron chi connectivity index (χ4n) is 3.20. The Morgan fingerprint density at radius 3 is 2.54 bits per heavy atom. The molecule has 0 aliphatic carbocycles. The van der Waals surface area contributed by atoms with E-state index in [1.54, 1.807) is 42.5 Å². The van der Waals surface area contributed by atoms with Gasteiger partial charge in [0, 0.05) is 44.5 Å². The number of aromatic amines is 1. The van der Waals surface area contributed by atoms with Crippen molar-refractivity contribution in [2.24, 2.45) is 0 Å². The molecule has 0 saturated carbocycles. The molecular formula is C19H20N5O4+. The second-order valence-electron chi connectivity index (χ2n) is 6.33. The second kappa shape index (κ2) is 7.55. The molecule has 144 valence electrons. The van der Waals surface area contributed by atoms with Crippen molar-refractivity contribution in [3.8, 4) is 11.4 Å². The van der Waals surface area contributed by atoms with Crippen LogP contribution in [-0.4, -0.2) is 54.4 Å². The quantitative estimate of drug-likeness (QED) is 0.665. The summed E-state index contributed by atoms with van der Waals surface area (Å²) >= 11 is 0. The van der Waals surface area contributed by atoms with E-state index < -0.39 is 5.63 Å². The van der Waals surface area contributed by atoms with Crippen LogP contribution in [0.3, 0.4) is 0 Å². The number of methoxy groups -OCH3 is 1. The van der Waals surface area contributed by atoms with Crippen LogP contribution in [0.25, 0.3) is 5.69 Å². The first kappa shape index (κ1) is 17.8. The van der Waals surface area contributed by atoms with E-state index in [0.29, 0.717) is 37.6 Å². The minimum Gasteiger partial charge on any atom is -0.497 e. The van der Waals surface area contributed by atoms with Crippen LogP contribution >= 0.6 is 0 Å². The van der Waals surface area contributed by atoms with E-state index in [9.17, 15) is 9.59 Å². The monoisotopic (exact) mass is 382 g/mol. The highest BCUT2D eigenvalue weighted by Gasteiger charge is 2.35. The number of carbonyl (C=O) groups is 1. The van der Waals surface area contributed by atoms with E-state index >= 15 is 0 Å². The topological polar surface area (TPSA) is 95.5 Å². The summed E-state index contributed by atoms with van der Waals surface area (Å²) in [5, 5.41) is 2.50. The molecule has 1 N–H and O–H groups in total. The number of anilines is 1. The van der Waals surface area contributed by atoms with Crippen molar-refractivity contribution in [3.05, 3.63) is 64.8 Å². The highest BCUT2D eigenvalue weighted by atomic mass is 16.5. The molecule has 0 radical (unpaired) electrons. The number of rotatable bonds is 4. The Morgan fingerprint density at radius 2 is 1.89 bits per heavy atom. The molecule has 1 fully saturated rings. The molecule has 3 heterocycles. The van der Waals surface area contributed by atoms with E-state index in [4.69, 9.17) is 9.26 Å². The maximum atomic E-state index is 13.0. The molecule has 28 heavy (non-hydrogen) atoms. The number of nitrogens with zero attached hydrogens (tertiary/aromatic N) is 4. The summed E-state index contributed by atoms with van der Waals surface area (Å²) in [5.74, 6) is 1.18. The largest absolute Gasteiger partial charge is 0.497 e. The van der Waals surface area contributed by atoms with Gasteiger partial charge in [-0.2, -0.15) is 0 Å². The SMILES string of the molecule is COc1ccc(-[n+]2[nH]oc(=O)c2C(=O)N2CCN(c3ccccn3)CC2)cc1. The van der Waals surface area contributed by atoms with E-state index in [2.05, 4.69) is 15.2 Å². The molecule has 1 amide bonds. The minimum absolute atomic E-state index is 0.0588. The molecule has 0 bridgehead atoms. The number of aromatic nitrogens is 3. The molecule has 0 unspecified atom stereocenters. The average molecular weight is 382 g/mol. The van der Waals surface area contributed by atoms with Crippen LogP contribution in [0.2, 0.25) is 0 Å². The highest BCUT2D eigenvalue weighted by molar-refractivity contribution is 5.90. The predicted molar refractivity (Wildman–Crippen MR) is 99.8 cm³/mol. The molecular weight excluding hydrogens is 362 g/mol. The number of benzene rings is 1. The van der Waals surface area contributed by atoms with Crippen molar-refractivity contribution < 1.29 is 18.7 Å². The number of piperazine rings is 1. The van der Waals surface area contributed by atoms with Crippen molar-refractivity contribution in [1.82, 2.24) is 15.2 Å². The average Bonchev–Trinajstić information content (AvgIpc) is 3.15. The van der Waals surface area contributed by atoms with E-state index in [1.807, 2.05) is 18.2 Å². The number of nitrogens with one attached hydrogen (secondary N) is 1. The van der Waals surface area contributed by atoms with Gasteiger partial charge in [0.05, 0.1) is 7.11 Å². The fraction of sp³-hybridized carbons (Fsp3) is 0.263. The van der Waals surface area contributed by atoms with Gasteiger partial charge in [0.25, 0.3) is 0 Å². The Hall–Kier alpha value is -3.62. The van der Waals surface area contributed by atoms with Crippen molar-refractivity contribution in [2.45, 2.75) is 0 Å². The lowest BCUT2D eigenvalue weighted by Crippen LogP contribution is -2.53. The lowest BCUT2D eigenvalue weighted by molar-refractivity contribution is -0.672. The second-order valence-corrected chi connectivity index (χ2v) is 6.33. The van der Waals surface area contributed by atoms with E-state index in [-0.39, 0.29) is 11.6 Å². The maximum Gasteiger partial charge on any atom is 0.441 e. The number of ether oxygens (including phenoxy) is 1. The smallest absolute Gasteiger partial charge is 0.441 e. The molecule has 1 saturated heterocycles. The molecule has 1 aliphatic heterocycles. The summed E-state index contributed by atoms with van der Waals surface area (Å²) in [7, 11) is 1.57. The normalized spacial score (nSPS) is 14.2. The third-order valence-electron chi connectivity index (χ3n) is 4.72. The predicted octanol–water partition coefficient (Wildman–Crippen LogP) is 0.611. The van der Waals surface area contributed by atoms with Gasteiger partial charge in [-0.25, -0.2) is 9.78 Å². The number of carbonyl (C=O) groups excluding carboxylic acids is 1. The molecule has 9 heteroatoms. The van der Waals surface area contributed by atoms with Gasteiger partial charge in [-0.3, -0.25) is 9.32 Å². The molecule has 1 aromatic carbocycles. The van der Waals surface area contributed by atoms with Gasteiger partial charge >= 0.3 is 17.2 Å². The third kappa shape index (κ3) is 3.34. The molecule has 0 spiro atoms. The highest BCUT2D eigenvalue weighted by Crippen LogP contribution is 2.14. The van der Waals surface area contributed by atoms with E-state index in [0.717, 1.165) is 5.82 Å². The van der Waals surface area contributed by atoms with Gasteiger partial charge in [-0.15, -0.1) is 0 Å². The first-order valence-electron chi connectivity index (χ1n) is 8.90. The van der Waals surface area contributed by atoms with Crippen LogP contribution in [0.5, 0.6) is 5.75 Å². The number of hydrogen-bond acceptors (Lipinski definition) is 6. The van der Waals surface area contributed by atoms with Gasteiger partial charge in [-0.1, -0.05) is 6.07 Å². The molecule has 3 aromatic rings. The summed E-state index contributed by atoms with van der Waals surface area (Å²) in [6, 6.07) is 12.7. The van der Waals surface area contributed by atoms with E-state index in [1.165, 1.54) is 4.68 Å². The Bertz CT molecular complexity index is 1000. The molecule has 0 atom stereocenters. The number of hydrogen-bond donors (Lipinski definition) is 1. The molecule has 9 nitrogen and oxygen atoms in total. The first-order valence-corrected chi connectivity index (χ1v) is 8.90. The number of pyridine rings is 1. The fourth-order valence-corrected chi connectivity index (χ4v) is 3.20. The maximum absolute atomic E-state index is 13.0. The van der Waals surface area contributed by atoms with Crippen molar-refractivity contribution in [1.29, 1.82) is 0 Å². The van der Waals surface area contributed by atoms with Gasteiger partial charge in [0.15, 0.2) is 0 Å². The zero-order valence-electron chi connectivity index (χ0n) is 15.4. The van der Waals surface area contributed by atoms with Crippen LogP contribution in [0.15, 0.2) is 58.0 Å². The summed E-state index contributed by atoms with van der Waals surface area (Å²) in [6.45, 7) is 2.26.